The predicted octanol–water partition coefficient (Wildman–Crippen LogP) is 1.25. The molecule has 1 atom stereocenters. The van der Waals surface area contributed by atoms with Gasteiger partial charge < -0.3 is 16.3 Å². The van der Waals surface area contributed by atoms with Crippen molar-refractivity contribution >= 4 is 17.6 Å². The highest BCUT2D eigenvalue weighted by Gasteiger charge is 2.14. The Kier molecular flexibility index (Phi) is 6.59. The van der Waals surface area contributed by atoms with Crippen LogP contribution in [0.1, 0.15) is 25.7 Å². The summed E-state index contributed by atoms with van der Waals surface area (Å²) in [6, 6.07) is 0. The Morgan fingerprint density at radius 1 is 1.53 bits per heavy atom. The molecular formula is C10H21N3OS. The quantitative estimate of drug-likeness (QED) is 0.203. The molecule has 0 radical (unpaired) electrons. The Balaban J connectivity index is 1.84. The lowest BCUT2D eigenvalue weighted by Gasteiger charge is -2.09. The summed E-state index contributed by atoms with van der Waals surface area (Å²) >= 11 is 2.06. The number of thioether (sulfide) groups is 1. The van der Waals surface area contributed by atoms with Crippen molar-refractivity contribution in [1.29, 1.82) is 0 Å². The molecule has 1 unspecified atom stereocenters. The maximum atomic E-state index is 8.33. The first kappa shape index (κ1) is 12.6. The van der Waals surface area contributed by atoms with Gasteiger partial charge >= 0.3 is 0 Å². The summed E-state index contributed by atoms with van der Waals surface area (Å²) in [5, 5.41) is 14.7. The van der Waals surface area contributed by atoms with Crippen molar-refractivity contribution in [2.45, 2.75) is 25.7 Å². The second-order valence-electron chi connectivity index (χ2n) is 3.98. The molecule has 5 heteroatoms. The van der Waals surface area contributed by atoms with Gasteiger partial charge in [-0.1, -0.05) is 5.16 Å². The average Bonchev–Trinajstić information content (AvgIpc) is 2.75. The molecule has 88 valence electrons. The number of hydrogen-bond donors (Lipinski definition) is 3. The zero-order chi connectivity index (χ0) is 10.9. The molecule has 1 rings (SSSR count). The Bertz CT molecular complexity index is 193. The molecule has 0 aromatic heterocycles. The van der Waals surface area contributed by atoms with Crippen LogP contribution in [-0.4, -0.2) is 35.6 Å². The normalized spacial score (nSPS) is 22.1. The van der Waals surface area contributed by atoms with E-state index < -0.39 is 0 Å². The van der Waals surface area contributed by atoms with E-state index in [1.54, 1.807) is 0 Å². The van der Waals surface area contributed by atoms with E-state index in [2.05, 4.69) is 22.2 Å². The lowest BCUT2D eigenvalue weighted by molar-refractivity contribution is 0.316. The lowest BCUT2D eigenvalue weighted by atomic mass is 10.1. The van der Waals surface area contributed by atoms with Crippen molar-refractivity contribution in [2.24, 2.45) is 16.8 Å². The summed E-state index contributed by atoms with van der Waals surface area (Å²) in [5.74, 6) is 3.86. The monoisotopic (exact) mass is 231 g/mol. The lowest BCUT2D eigenvalue weighted by Crippen LogP contribution is -2.24. The van der Waals surface area contributed by atoms with E-state index in [-0.39, 0.29) is 0 Å². The molecule has 1 fully saturated rings. The SMILES string of the molecule is NC(CCCCNCC1CCSC1)=NO. The Labute approximate surface area is 95.7 Å². The molecule has 0 aromatic rings. The summed E-state index contributed by atoms with van der Waals surface area (Å²) in [6.45, 7) is 2.19. The molecule has 1 aliphatic heterocycles. The zero-order valence-electron chi connectivity index (χ0n) is 9.11. The first-order valence-corrected chi connectivity index (χ1v) is 6.73. The van der Waals surface area contributed by atoms with Crippen LogP contribution in [0.2, 0.25) is 0 Å². The standard InChI is InChI=1S/C10H21N3OS/c11-10(13-14)3-1-2-5-12-7-9-4-6-15-8-9/h9,12,14H,1-8H2,(H2,11,13). The fourth-order valence-corrected chi connectivity index (χ4v) is 2.94. The topological polar surface area (TPSA) is 70.6 Å². The number of nitrogens with two attached hydrogens (primary N) is 1. The minimum absolute atomic E-state index is 0.335. The summed E-state index contributed by atoms with van der Waals surface area (Å²) in [7, 11) is 0. The van der Waals surface area contributed by atoms with E-state index in [0.29, 0.717) is 12.3 Å². The molecule has 4 nitrogen and oxygen atoms in total. The van der Waals surface area contributed by atoms with Crippen molar-refractivity contribution in [3.05, 3.63) is 0 Å². The maximum absolute atomic E-state index is 8.33. The Hall–Kier alpha value is -0.420. The maximum Gasteiger partial charge on any atom is 0.139 e. The number of nitrogens with zero attached hydrogens (tertiary/aromatic N) is 1. The minimum atomic E-state index is 0.335. The van der Waals surface area contributed by atoms with E-state index in [1.807, 2.05) is 0 Å². The van der Waals surface area contributed by atoms with Crippen molar-refractivity contribution in [3.8, 4) is 0 Å². The van der Waals surface area contributed by atoms with Crippen molar-refractivity contribution in [1.82, 2.24) is 5.32 Å². The number of amidine groups is 1. The van der Waals surface area contributed by atoms with Gasteiger partial charge in [0.2, 0.25) is 0 Å². The molecule has 1 saturated heterocycles. The second-order valence-corrected chi connectivity index (χ2v) is 5.13. The molecule has 15 heavy (non-hydrogen) atoms. The van der Waals surface area contributed by atoms with Gasteiger partial charge in [-0.25, -0.2) is 0 Å². The van der Waals surface area contributed by atoms with Crippen LogP contribution in [0, 0.1) is 5.92 Å². The largest absolute Gasteiger partial charge is 0.409 e. The fourth-order valence-electron chi connectivity index (χ4n) is 1.66. The van der Waals surface area contributed by atoms with E-state index >= 15 is 0 Å². The van der Waals surface area contributed by atoms with Gasteiger partial charge in [-0.2, -0.15) is 11.8 Å². The number of nitrogens with one attached hydrogen (secondary N) is 1. The van der Waals surface area contributed by atoms with Crippen LogP contribution in [0.15, 0.2) is 5.16 Å². The molecule has 0 aliphatic carbocycles. The molecule has 0 bridgehead atoms. The summed E-state index contributed by atoms with van der Waals surface area (Å²) in [6.07, 6.45) is 4.14. The van der Waals surface area contributed by atoms with Crippen molar-refractivity contribution in [3.63, 3.8) is 0 Å². The third-order valence-corrected chi connectivity index (χ3v) is 3.85. The molecule has 0 aromatic carbocycles. The summed E-state index contributed by atoms with van der Waals surface area (Å²) in [5.41, 5.74) is 5.36. The number of oxime groups is 1. The van der Waals surface area contributed by atoms with Crippen molar-refractivity contribution < 1.29 is 5.21 Å². The van der Waals surface area contributed by atoms with E-state index in [9.17, 15) is 0 Å². The van der Waals surface area contributed by atoms with Crippen molar-refractivity contribution in [2.75, 3.05) is 24.6 Å². The minimum Gasteiger partial charge on any atom is -0.409 e. The van der Waals surface area contributed by atoms with Gasteiger partial charge in [0, 0.05) is 6.42 Å². The van der Waals surface area contributed by atoms with Gasteiger partial charge in [0.25, 0.3) is 0 Å². The van der Waals surface area contributed by atoms with Crippen LogP contribution in [-0.2, 0) is 0 Å². The second kappa shape index (κ2) is 7.82. The van der Waals surface area contributed by atoms with Gasteiger partial charge in [-0.3, -0.25) is 0 Å². The smallest absolute Gasteiger partial charge is 0.139 e. The Morgan fingerprint density at radius 2 is 2.40 bits per heavy atom. The first-order chi connectivity index (χ1) is 7.33. The van der Waals surface area contributed by atoms with Gasteiger partial charge in [0.15, 0.2) is 0 Å². The third kappa shape index (κ3) is 5.89. The van der Waals surface area contributed by atoms with E-state index in [0.717, 1.165) is 31.8 Å². The number of hydrogen-bond acceptors (Lipinski definition) is 4. The highest BCUT2D eigenvalue weighted by molar-refractivity contribution is 7.99. The number of unbranched alkanes of at least 4 members (excludes halogenated alkanes) is 1. The highest BCUT2D eigenvalue weighted by Crippen LogP contribution is 2.22. The summed E-state index contributed by atoms with van der Waals surface area (Å²) in [4.78, 5) is 0. The predicted molar refractivity (Wildman–Crippen MR) is 65.6 cm³/mol. The van der Waals surface area contributed by atoms with E-state index in [4.69, 9.17) is 10.9 Å². The first-order valence-electron chi connectivity index (χ1n) is 5.58. The Morgan fingerprint density at radius 3 is 3.07 bits per heavy atom. The van der Waals surface area contributed by atoms with Crippen LogP contribution in [0.5, 0.6) is 0 Å². The van der Waals surface area contributed by atoms with E-state index in [1.165, 1.54) is 17.9 Å². The molecule has 0 saturated carbocycles. The molecule has 0 amide bonds. The molecule has 1 aliphatic rings. The average molecular weight is 231 g/mol. The molecule has 4 N–H and O–H groups in total. The molecular weight excluding hydrogens is 210 g/mol. The zero-order valence-corrected chi connectivity index (χ0v) is 9.93. The van der Waals surface area contributed by atoms with Crippen LogP contribution in [0.4, 0.5) is 0 Å². The van der Waals surface area contributed by atoms with Gasteiger partial charge in [0.05, 0.1) is 0 Å². The fraction of sp³-hybridized carbons (Fsp3) is 0.900. The third-order valence-electron chi connectivity index (χ3n) is 2.62. The highest BCUT2D eigenvalue weighted by atomic mass is 32.2. The van der Waals surface area contributed by atoms with Crippen LogP contribution < -0.4 is 11.1 Å². The van der Waals surface area contributed by atoms with Gasteiger partial charge in [0.1, 0.15) is 5.84 Å². The van der Waals surface area contributed by atoms with Gasteiger partial charge in [-0.05, 0) is 49.8 Å². The number of rotatable bonds is 7. The van der Waals surface area contributed by atoms with Crippen LogP contribution >= 0.6 is 11.8 Å². The van der Waals surface area contributed by atoms with Gasteiger partial charge in [-0.15, -0.1) is 0 Å². The van der Waals surface area contributed by atoms with Crippen LogP contribution in [0.3, 0.4) is 0 Å². The summed E-state index contributed by atoms with van der Waals surface area (Å²) < 4.78 is 0. The van der Waals surface area contributed by atoms with Crippen LogP contribution in [0.25, 0.3) is 0 Å². The molecule has 0 spiro atoms. The molecule has 1 heterocycles.